The highest BCUT2D eigenvalue weighted by Gasteiger charge is 2.41. The van der Waals surface area contributed by atoms with E-state index in [9.17, 15) is 0 Å². The molecule has 0 N–H and O–H groups in total. The van der Waals surface area contributed by atoms with E-state index < -0.39 is 0 Å². The summed E-state index contributed by atoms with van der Waals surface area (Å²) in [6, 6.07) is 12.7. The Bertz CT molecular complexity index is 534. The Balaban J connectivity index is 1.80. The first-order valence-corrected chi connectivity index (χ1v) is 6.63. The van der Waals surface area contributed by atoms with Crippen LogP contribution in [0.3, 0.4) is 0 Å². The Morgan fingerprint density at radius 2 is 1.83 bits per heavy atom. The van der Waals surface area contributed by atoms with Crippen LogP contribution in [0.25, 0.3) is 0 Å². The molecule has 1 heterocycles. The predicted molar refractivity (Wildman–Crippen MR) is 72.7 cm³/mol. The van der Waals surface area contributed by atoms with E-state index in [2.05, 4.69) is 49.2 Å². The van der Waals surface area contributed by atoms with Crippen LogP contribution in [-0.4, -0.2) is 9.97 Å². The van der Waals surface area contributed by atoms with Crippen LogP contribution in [0.5, 0.6) is 0 Å². The van der Waals surface area contributed by atoms with Gasteiger partial charge in [0, 0.05) is 17.8 Å². The first-order valence-electron chi connectivity index (χ1n) is 6.63. The van der Waals surface area contributed by atoms with Gasteiger partial charge in [-0.2, -0.15) is 0 Å². The number of hydrogen-bond acceptors (Lipinski definition) is 2. The van der Waals surface area contributed by atoms with Crippen LogP contribution in [0.15, 0.2) is 42.6 Å². The normalized spacial score (nSPS) is 22.2. The first-order chi connectivity index (χ1) is 8.75. The standard InChI is InChI=1S/C16H18N2/c1-11(2)15-8-9-17-16(18-15)14-10-13(14)12-6-4-3-5-7-12/h3-9,11,13-14H,10H2,1-2H3/t13-,14+/m0/s1. The molecule has 1 aromatic carbocycles. The van der Waals surface area contributed by atoms with E-state index in [1.54, 1.807) is 0 Å². The van der Waals surface area contributed by atoms with Crippen LogP contribution >= 0.6 is 0 Å². The minimum Gasteiger partial charge on any atom is -0.241 e. The van der Waals surface area contributed by atoms with E-state index >= 15 is 0 Å². The van der Waals surface area contributed by atoms with Crippen molar-refractivity contribution in [2.24, 2.45) is 0 Å². The smallest absolute Gasteiger partial charge is 0.132 e. The van der Waals surface area contributed by atoms with Gasteiger partial charge in [-0.3, -0.25) is 0 Å². The van der Waals surface area contributed by atoms with Gasteiger partial charge in [0.05, 0.1) is 0 Å². The summed E-state index contributed by atoms with van der Waals surface area (Å²) in [5.74, 6) is 2.63. The van der Waals surface area contributed by atoms with Crippen molar-refractivity contribution in [1.29, 1.82) is 0 Å². The van der Waals surface area contributed by atoms with Crippen LogP contribution in [0.1, 0.15) is 55.1 Å². The zero-order chi connectivity index (χ0) is 12.5. The van der Waals surface area contributed by atoms with Crippen molar-refractivity contribution in [3.63, 3.8) is 0 Å². The summed E-state index contributed by atoms with van der Waals surface area (Å²) in [6.45, 7) is 4.35. The monoisotopic (exact) mass is 238 g/mol. The number of aromatic nitrogens is 2. The molecule has 0 saturated heterocycles. The van der Waals surface area contributed by atoms with E-state index in [4.69, 9.17) is 4.98 Å². The molecule has 0 unspecified atom stereocenters. The van der Waals surface area contributed by atoms with Crippen molar-refractivity contribution in [3.8, 4) is 0 Å². The van der Waals surface area contributed by atoms with Crippen LogP contribution in [0, 0.1) is 0 Å². The molecular formula is C16H18N2. The lowest BCUT2D eigenvalue weighted by Crippen LogP contribution is -1.99. The first kappa shape index (κ1) is 11.4. The second-order valence-electron chi connectivity index (χ2n) is 5.35. The SMILES string of the molecule is CC(C)c1ccnc([C@@H]2C[C@H]2c2ccccc2)n1. The fourth-order valence-corrected chi connectivity index (χ4v) is 2.44. The van der Waals surface area contributed by atoms with Crippen LogP contribution in [0.4, 0.5) is 0 Å². The third kappa shape index (κ3) is 2.15. The molecule has 1 saturated carbocycles. The van der Waals surface area contributed by atoms with Gasteiger partial charge < -0.3 is 0 Å². The maximum atomic E-state index is 4.70. The fourth-order valence-electron chi connectivity index (χ4n) is 2.44. The number of benzene rings is 1. The maximum absolute atomic E-state index is 4.70. The summed E-state index contributed by atoms with van der Waals surface area (Å²) in [7, 11) is 0. The lowest BCUT2D eigenvalue weighted by Gasteiger charge is -2.06. The molecule has 3 rings (SSSR count). The molecule has 2 nitrogen and oxygen atoms in total. The number of hydrogen-bond donors (Lipinski definition) is 0. The Labute approximate surface area is 108 Å². The van der Waals surface area contributed by atoms with Crippen molar-refractivity contribution in [2.75, 3.05) is 0 Å². The van der Waals surface area contributed by atoms with Gasteiger partial charge in [0.25, 0.3) is 0 Å². The van der Waals surface area contributed by atoms with Gasteiger partial charge in [0.15, 0.2) is 0 Å². The van der Waals surface area contributed by atoms with Gasteiger partial charge in [0.1, 0.15) is 5.82 Å². The molecule has 0 bridgehead atoms. The molecule has 92 valence electrons. The highest BCUT2D eigenvalue weighted by molar-refractivity contribution is 5.31. The molecule has 0 aliphatic heterocycles. The van der Waals surface area contributed by atoms with Gasteiger partial charge in [-0.25, -0.2) is 9.97 Å². The molecule has 2 heteroatoms. The van der Waals surface area contributed by atoms with Crippen LogP contribution < -0.4 is 0 Å². The van der Waals surface area contributed by atoms with E-state index in [1.165, 1.54) is 12.0 Å². The molecule has 0 radical (unpaired) electrons. The van der Waals surface area contributed by atoms with E-state index in [1.807, 2.05) is 12.3 Å². The van der Waals surface area contributed by atoms with Crippen molar-refractivity contribution in [3.05, 3.63) is 59.7 Å². The average molecular weight is 238 g/mol. The highest BCUT2D eigenvalue weighted by atomic mass is 14.9. The molecule has 2 atom stereocenters. The van der Waals surface area contributed by atoms with Gasteiger partial charge in [-0.15, -0.1) is 0 Å². The summed E-state index contributed by atoms with van der Waals surface area (Å²) < 4.78 is 0. The van der Waals surface area contributed by atoms with E-state index in [0.29, 0.717) is 17.8 Å². The van der Waals surface area contributed by atoms with Crippen molar-refractivity contribution in [1.82, 2.24) is 9.97 Å². The third-order valence-electron chi connectivity index (χ3n) is 3.64. The number of rotatable bonds is 3. The average Bonchev–Trinajstić information content (AvgIpc) is 3.20. The third-order valence-corrected chi connectivity index (χ3v) is 3.64. The molecule has 1 aliphatic rings. The quantitative estimate of drug-likeness (QED) is 0.811. The van der Waals surface area contributed by atoms with Gasteiger partial charge in [-0.05, 0) is 29.9 Å². The Kier molecular flexibility index (Phi) is 2.86. The molecular weight excluding hydrogens is 220 g/mol. The van der Waals surface area contributed by atoms with Crippen molar-refractivity contribution >= 4 is 0 Å². The summed E-state index contributed by atoms with van der Waals surface area (Å²) in [5, 5.41) is 0. The number of nitrogens with zero attached hydrogens (tertiary/aromatic N) is 2. The summed E-state index contributed by atoms with van der Waals surface area (Å²) in [6.07, 6.45) is 3.09. The molecule has 0 spiro atoms. The minimum absolute atomic E-state index is 0.473. The molecule has 2 aromatic rings. The summed E-state index contributed by atoms with van der Waals surface area (Å²) in [5.41, 5.74) is 2.57. The summed E-state index contributed by atoms with van der Waals surface area (Å²) in [4.78, 5) is 9.15. The largest absolute Gasteiger partial charge is 0.241 e. The molecule has 1 fully saturated rings. The lowest BCUT2D eigenvalue weighted by molar-refractivity contribution is 0.778. The Hall–Kier alpha value is -1.70. The van der Waals surface area contributed by atoms with Gasteiger partial charge in [0.2, 0.25) is 0 Å². The molecule has 0 amide bonds. The molecule has 1 aliphatic carbocycles. The zero-order valence-electron chi connectivity index (χ0n) is 10.9. The molecule has 18 heavy (non-hydrogen) atoms. The van der Waals surface area contributed by atoms with E-state index in [-0.39, 0.29) is 0 Å². The lowest BCUT2D eigenvalue weighted by atomic mass is 10.1. The maximum Gasteiger partial charge on any atom is 0.132 e. The highest BCUT2D eigenvalue weighted by Crippen LogP contribution is 2.53. The summed E-state index contributed by atoms with van der Waals surface area (Å²) >= 11 is 0. The predicted octanol–water partition coefficient (Wildman–Crippen LogP) is 3.87. The minimum atomic E-state index is 0.473. The van der Waals surface area contributed by atoms with Crippen LogP contribution in [-0.2, 0) is 0 Å². The van der Waals surface area contributed by atoms with Gasteiger partial charge >= 0.3 is 0 Å². The molecule has 1 aromatic heterocycles. The Morgan fingerprint density at radius 1 is 1.06 bits per heavy atom. The van der Waals surface area contributed by atoms with Crippen LogP contribution in [0.2, 0.25) is 0 Å². The fraction of sp³-hybridized carbons (Fsp3) is 0.375. The second kappa shape index (κ2) is 4.52. The second-order valence-corrected chi connectivity index (χ2v) is 5.35. The van der Waals surface area contributed by atoms with Crippen molar-refractivity contribution in [2.45, 2.75) is 38.0 Å². The zero-order valence-corrected chi connectivity index (χ0v) is 10.9. The Morgan fingerprint density at radius 3 is 2.56 bits per heavy atom. The van der Waals surface area contributed by atoms with Gasteiger partial charge in [-0.1, -0.05) is 44.2 Å². The van der Waals surface area contributed by atoms with Crippen molar-refractivity contribution < 1.29 is 0 Å². The topological polar surface area (TPSA) is 25.8 Å². The van der Waals surface area contributed by atoms with E-state index in [0.717, 1.165) is 11.5 Å².